The summed E-state index contributed by atoms with van der Waals surface area (Å²) in [7, 11) is 0. The van der Waals surface area contributed by atoms with E-state index < -0.39 is 0 Å². The zero-order valence-corrected chi connectivity index (χ0v) is 20.2. The Morgan fingerprint density at radius 1 is 0.423 bits per heavy atom. The average molecular weight is 413 g/mol. The molecule has 0 spiro atoms. The summed E-state index contributed by atoms with van der Waals surface area (Å²) >= 11 is 0. The third kappa shape index (κ3) is 22.5. The fourth-order valence-corrected chi connectivity index (χ4v) is 3.53. The molecule has 0 heterocycles. The number of rotatable bonds is 18. The normalized spacial score (nSPS) is 11.8. The molecule has 0 saturated heterocycles. The van der Waals surface area contributed by atoms with E-state index in [1.54, 1.807) is 0 Å². The molecule has 0 atom stereocenters. The Balaban J connectivity index is 0. The van der Waals surface area contributed by atoms with Crippen LogP contribution in [0.25, 0.3) is 0 Å². The van der Waals surface area contributed by atoms with Crippen LogP contribution in [0.5, 0.6) is 0 Å². The maximum atomic E-state index is 2.78. The molecule has 0 N–H and O–H groups in total. The zero-order valence-electron chi connectivity index (χ0n) is 19.1. The van der Waals surface area contributed by atoms with Crippen LogP contribution in [0.2, 0.25) is 0 Å². The summed E-state index contributed by atoms with van der Waals surface area (Å²) in [5, 5.41) is 0. The fraction of sp³-hybridized carbons (Fsp3) is 1.00. The smallest absolute Gasteiger partial charge is 0 e. The second-order valence-electron chi connectivity index (χ2n) is 9.57. The Bertz CT molecular complexity index is 220. The summed E-state index contributed by atoms with van der Waals surface area (Å²) < 4.78 is 0. The summed E-state index contributed by atoms with van der Waals surface area (Å²) in [4.78, 5) is 2.78. The topological polar surface area (TPSA) is 3.24 Å². The molecule has 0 bridgehead atoms. The van der Waals surface area contributed by atoms with E-state index in [1.807, 2.05) is 0 Å². The van der Waals surface area contributed by atoms with Crippen molar-refractivity contribution >= 4 is 0 Å². The third-order valence-electron chi connectivity index (χ3n) is 5.27. The molecule has 26 heavy (non-hydrogen) atoms. The minimum absolute atomic E-state index is 0. The average Bonchev–Trinajstić information content (AvgIpc) is 2.52. The first-order valence-electron chi connectivity index (χ1n) is 11.6. The molecular formula is C24H51CoN. The van der Waals surface area contributed by atoms with E-state index in [9.17, 15) is 0 Å². The molecule has 0 aromatic rings. The van der Waals surface area contributed by atoms with Crippen molar-refractivity contribution in [1.29, 1.82) is 0 Å². The number of nitrogens with zero attached hydrogens (tertiary/aromatic N) is 1. The first-order valence-corrected chi connectivity index (χ1v) is 11.6. The van der Waals surface area contributed by atoms with E-state index in [0.717, 1.165) is 17.8 Å². The first-order chi connectivity index (χ1) is 11.9. The van der Waals surface area contributed by atoms with Gasteiger partial charge in [-0.25, -0.2) is 0 Å². The van der Waals surface area contributed by atoms with Gasteiger partial charge in [-0.05, 0) is 56.7 Å². The van der Waals surface area contributed by atoms with Gasteiger partial charge in [0.05, 0.1) is 0 Å². The standard InChI is InChI=1S/C24H51N.Co/c1-22(2)16-10-7-13-19-25(20-14-8-11-17-23(3)4)21-15-9-12-18-24(5)6;/h22-24H,7-21H2,1-6H3;. The predicted molar refractivity (Wildman–Crippen MR) is 116 cm³/mol. The van der Waals surface area contributed by atoms with Crippen molar-refractivity contribution in [1.82, 2.24) is 4.90 Å². The second-order valence-corrected chi connectivity index (χ2v) is 9.57. The van der Waals surface area contributed by atoms with Crippen LogP contribution in [0.3, 0.4) is 0 Å². The van der Waals surface area contributed by atoms with Gasteiger partial charge >= 0.3 is 0 Å². The van der Waals surface area contributed by atoms with Crippen molar-refractivity contribution in [3.05, 3.63) is 0 Å². The molecule has 0 aromatic heterocycles. The van der Waals surface area contributed by atoms with Gasteiger partial charge in [-0.15, -0.1) is 0 Å². The van der Waals surface area contributed by atoms with E-state index in [4.69, 9.17) is 0 Å². The Morgan fingerprint density at radius 3 is 0.923 bits per heavy atom. The van der Waals surface area contributed by atoms with Crippen LogP contribution in [0.15, 0.2) is 0 Å². The summed E-state index contributed by atoms with van der Waals surface area (Å²) in [5.41, 5.74) is 0. The predicted octanol–water partition coefficient (Wildman–Crippen LogP) is 7.94. The van der Waals surface area contributed by atoms with Gasteiger partial charge in [-0.3, -0.25) is 0 Å². The van der Waals surface area contributed by atoms with E-state index in [-0.39, 0.29) is 16.8 Å². The zero-order chi connectivity index (χ0) is 18.9. The molecule has 0 saturated carbocycles. The van der Waals surface area contributed by atoms with Gasteiger partial charge in [0.1, 0.15) is 0 Å². The molecule has 0 aliphatic rings. The molecule has 0 amide bonds. The maximum absolute atomic E-state index is 2.78. The van der Waals surface area contributed by atoms with Crippen LogP contribution >= 0.6 is 0 Å². The Hall–Kier alpha value is 0.466. The van der Waals surface area contributed by atoms with Gasteiger partial charge < -0.3 is 4.90 Å². The molecule has 0 rings (SSSR count). The van der Waals surface area contributed by atoms with Crippen LogP contribution in [-0.4, -0.2) is 24.5 Å². The minimum atomic E-state index is 0. The van der Waals surface area contributed by atoms with Gasteiger partial charge in [0.15, 0.2) is 0 Å². The summed E-state index contributed by atoms with van der Waals surface area (Å²) in [5.74, 6) is 2.62. The van der Waals surface area contributed by atoms with Crippen molar-refractivity contribution in [3.63, 3.8) is 0 Å². The Labute approximate surface area is 177 Å². The summed E-state index contributed by atoms with van der Waals surface area (Å²) in [6.07, 6.45) is 17.0. The second kappa shape index (κ2) is 20.2. The summed E-state index contributed by atoms with van der Waals surface area (Å²) in [6, 6.07) is 0. The van der Waals surface area contributed by atoms with Gasteiger partial charge in [0, 0.05) is 16.8 Å². The Kier molecular flexibility index (Phi) is 22.3. The monoisotopic (exact) mass is 412 g/mol. The van der Waals surface area contributed by atoms with Crippen LogP contribution in [0.4, 0.5) is 0 Å². The SMILES string of the molecule is CC(C)CCCCCN(CCCCCC(C)C)CCCCCC(C)C.[Co]. The molecule has 0 aliphatic carbocycles. The van der Waals surface area contributed by atoms with Crippen LogP contribution in [0, 0.1) is 17.8 Å². The number of unbranched alkanes of at least 4 members (excludes halogenated alkanes) is 6. The van der Waals surface area contributed by atoms with E-state index >= 15 is 0 Å². The third-order valence-corrected chi connectivity index (χ3v) is 5.27. The number of hydrogen-bond donors (Lipinski definition) is 0. The molecule has 161 valence electrons. The quantitative estimate of drug-likeness (QED) is 0.207. The summed E-state index contributed by atoms with van der Waals surface area (Å²) in [6.45, 7) is 18.1. The number of hydrogen-bond acceptors (Lipinski definition) is 1. The van der Waals surface area contributed by atoms with Crippen LogP contribution < -0.4 is 0 Å². The molecule has 1 nitrogen and oxygen atoms in total. The fourth-order valence-electron chi connectivity index (χ4n) is 3.53. The van der Waals surface area contributed by atoms with Gasteiger partial charge in [0.2, 0.25) is 0 Å². The van der Waals surface area contributed by atoms with E-state index in [2.05, 4.69) is 46.4 Å². The van der Waals surface area contributed by atoms with Crippen LogP contribution in [-0.2, 0) is 16.8 Å². The van der Waals surface area contributed by atoms with Crippen molar-refractivity contribution in [2.24, 2.45) is 17.8 Å². The van der Waals surface area contributed by atoms with Gasteiger partial charge in [-0.2, -0.15) is 0 Å². The molecule has 0 fully saturated rings. The van der Waals surface area contributed by atoms with Gasteiger partial charge in [0.25, 0.3) is 0 Å². The Morgan fingerprint density at radius 2 is 0.692 bits per heavy atom. The van der Waals surface area contributed by atoms with Crippen LogP contribution in [0.1, 0.15) is 119 Å². The minimum Gasteiger partial charge on any atom is -0.303 e. The van der Waals surface area contributed by atoms with Crippen molar-refractivity contribution in [2.75, 3.05) is 19.6 Å². The van der Waals surface area contributed by atoms with Gasteiger partial charge in [-0.1, -0.05) is 99.3 Å². The maximum Gasteiger partial charge on any atom is 0 e. The van der Waals surface area contributed by atoms with Crippen molar-refractivity contribution in [2.45, 2.75) is 119 Å². The molecule has 2 heteroatoms. The van der Waals surface area contributed by atoms with E-state index in [0.29, 0.717) is 0 Å². The molecular weight excluding hydrogens is 361 g/mol. The van der Waals surface area contributed by atoms with Crippen molar-refractivity contribution < 1.29 is 16.8 Å². The first kappa shape index (κ1) is 28.7. The largest absolute Gasteiger partial charge is 0.303 e. The molecule has 0 unspecified atom stereocenters. The molecule has 0 aliphatic heterocycles. The molecule has 1 radical (unpaired) electrons. The van der Waals surface area contributed by atoms with Crippen molar-refractivity contribution in [3.8, 4) is 0 Å². The molecule has 0 aromatic carbocycles. The van der Waals surface area contributed by atoms with E-state index in [1.165, 1.54) is 96.7 Å².